The van der Waals surface area contributed by atoms with Crippen molar-refractivity contribution in [1.82, 2.24) is 10.2 Å². The standard InChI is InChI=1S/C16H31N3/c1-14(2)18-16(3,13-17)10-11-19(4)12-15-8-6-5-7-9-15/h14-15,18H,5-12H2,1-4H3. The van der Waals surface area contributed by atoms with E-state index in [9.17, 15) is 5.26 Å². The van der Waals surface area contributed by atoms with Crippen LogP contribution in [0.5, 0.6) is 0 Å². The quantitative estimate of drug-likeness (QED) is 0.768. The van der Waals surface area contributed by atoms with E-state index in [1.807, 2.05) is 6.92 Å². The zero-order valence-electron chi connectivity index (χ0n) is 13.2. The van der Waals surface area contributed by atoms with E-state index in [1.165, 1.54) is 38.6 Å². The Morgan fingerprint density at radius 3 is 2.47 bits per heavy atom. The normalized spacial score (nSPS) is 20.5. The highest BCUT2D eigenvalue weighted by atomic mass is 15.1. The van der Waals surface area contributed by atoms with Gasteiger partial charge < -0.3 is 4.90 Å². The number of hydrogen-bond acceptors (Lipinski definition) is 3. The van der Waals surface area contributed by atoms with Crippen molar-refractivity contribution in [2.24, 2.45) is 5.92 Å². The molecule has 0 heterocycles. The zero-order valence-corrected chi connectivity index (χ0v) is 13.2. The van der Waals surface area contributed by atoms with Gasteiger partial charge in [0.05, 0.1) is 6.07 Å². The van der Waals surface area contributed by atoms with E-state index in [0.29, 0.717) is 6.04 Å². The highest BCUT2D eigenvalue weighted by Gasteiger charge is 2.25. The number of hydrogen-bond donors (Lipinski definition) is 1. The van der Waals surface area contributed by atoms with Crippen LogP contribution in [0.1, 0.15) is 59.3 Å². The van der Waals surface area contributed by atoms with Crippen LogP contribution in [-0.4, -0.2) is 36.6 Å². The van der Waals surface area contributed by atoms with Gasteiger partial charge in [0.25, 0.3) is 0 Å². The molecule has 1 rings (SSSR count). The summed E-state index contributed by atoms with van der Waals surface area (Å²) in [6.45, 7) is 8.41. The van der Waals surface area contributed by atoms with Gasteiger partial charge in [-0.05, 0) is 53.0 Å². The van der Waals surface area contributed by atoms with E-state index in [1.54, 1.807) is 0 Å². The van der Waals surface area contributed by atoms with Crippen molar-refractivity contribution in [2.45, 2.75) is 70.9 Å². The van der Waals surface area contributed by atoms with Gasteiger partial charge in [-0.3, -0.25) is 5.32 Å². The maximum atomic E-state index is 9.34. The monoisotopic (exact) mass is 265 g/mol. The van der Waals surface area contributed by atoms with E-state index in [2.05, 4.69) is 37.2 Å². The largest absolute Gasteiger partial charge is 0.306 e. The highest BCUT2D eigenvalue weighted by Crippen LogP contribution is 2.24. The third-order valence-electron chi connectivity index (χ3n) is 4.14. The molecule has 3 heteroatoms. The van der Waals surface area contributed by atoms with Crippen LogP contribution in [0.25, 0.3) is 0 Å². The van der Waals surface area contributed by atoms with Crippen molar-refractivity contribution in [1.29, 1.82) is 5.26 Å². The molecular weight excluding hydrogens is 234 g/mol. The van der Waals surface area contributed by atoms with Gasteiger partial charge in [-0.1, -0.05) is 19.3 Å². The fourth-order valence-corrected chi connectivity index (χ4v) is 3.11. The van der Waals surface area contributed by atoms with Crippen molar-refractivity contribution in [3.63, 3.8) is 0 Å². The Kier molecular flexibility index (Phi) is 6.82. The van der Waals surface area contributed by atoms with Gasteiger partial charge in [0.15, 0.2) is 0 Å². The first-order valence-corrected chi connectivity index (χ1v) is 7.82. The summed E-state index contributed by atoms with van der Waals surface area (Å²) in [7, 11) is 2.20. The second kappa shape index (κ2) is 7.87. The van der Waals surface area contributed by atoms with Crippen LogP contribution in [0.4, 0.5) is 0 Å². The molecule has 0 bridgehead atoms. The Bertz CT molecular complexity index is 289. The van der Waals surface area contributed by atoms with Crippen LogP contribution in [0.15, 0.2) is 0 Å². The lowest BCUT2D eigenvalue weighted by Gasteiger charge is -2.31. The van der Waals surface area contributed by atoms with Crippen molar-refractivity contribution in [3.8, 4) is 6.07 Å². The van der Waals surface area contributed by atoms with E-state index >= 15 is 0 Å². The first-order chi connectivity index (χ1) is 8.95. The summed E-state index contributed by atoms with van der Waals surface area (Å²) in [6.07, 6.45) is 7.91. The molecule has 1 saturated carbocycles. The SMILES string of the molecule is CC(C)NC(C)(C#N)CCN(C)CC1CCCCC1. The molecule has 1 fully saturated rings. The lowest BCUT2D eigenvalue weighted by molar-refractivity contribution is 0.216. The van der Waals surface area contributed by atoms with Crippen LogP contribution in [-0.2, 0) is 0 Å². The molecule has 1 unspecified atom stereocenters. The van der Waals surface area contributed by atoms with Crippen LogP contribution < -0.4 is 5.32 Å². The Hall–Kier alpha value is -0.590. The van der Waals surface area contributed by atoms with Crippen LogP contribution in [0.3, 0.4) is 0 Å². The summed E-state index contributed by atoms with van der Waals surface area (Å²) in [5, 5.41) is 12.7. The molecule has 1 aliphatic rings. The Balaban J connectivity index is 2.31. The van der Waals surface area contributed by atoms with Crippen LogP contribution in [0, 0.1) is 17.2 Å². The minimum atomic E-state index is -0.394. The molecule has 0 aromatic rings. The molecule has 0 aromatic heterocycles. The molecule has 1 N–H and O–H groups in total. The molecule has 1 aliphatic carbocycles. The fourth-order valence-electron chi connectivity index (χ4n) is 3.11. The maximum absolute atomic E-state index is 9.34. The average molecular weight is 265 g/mol. The predicted octanol–water partition coefficient (Wildman–Crippen LogP) is 3.17. The third kappa shape index (κ3) is 6.40. The summed E-state index contributed by atoms with van der Waals surface area (Å²) >= 11 is 0. The molecule has 110 valence electrons. The summed E-state index contributed by atoms with van der Waals surface area (Å²) in [5.41, 5.74) is -0.394. The molecule has 3 nitrogen and oxygen atoms in total. The Morgan fingerprint density at radius 1 is 1.32 bits per heavy atom. The number of nitrogens with zero attached hydrogens (tertiary/aromatic N) is 2. The highest BCUT2D eigenvalue weighted by molar-refractivity contribution is 5.04. The molecule has 19 heavy (non-hydrogen) atoms. The van der Waals surface area contributed by atoms with Crippen molar-refractivity contribution < 1.29 is 0 Å². The molecule has 0 aromatic carbocycles. The maximum Gasteiger partial charge on any atom is 0.105 e. The van der Waals surface area contributed by atoms with E-state index < -0.39 is 5.54 Å². The van der Waals surface area contributed by atoms with Gasteiger partial charge in [0.1, 0.15) is 5.54 Å². The van der Waals surface area contributed by atoms with Gasteiger partial charge in [-0.25, -0.2) is 0 Å². The van der Waals surface area contributed by atoms with E-state index in [-0.39, 0.29) is 0 Å². The smallest absolute Gasteiger partial charge is 0.105 e. The van der Waals surface area contributed by atoms with Crippen molar-refractivity contribution >= 4 is 0 Å². The predicted molar refractivity (Wildman–Crippen MR) is 81.0 cm³/mol. The summed E-state index contributed by atoms with van der Waals surface area (Å²) in [5.74, 6) is 0.880. The molecule has 0 amide bonds. The number of rotatable bonds is 7. The zero-order chi connectivity index (χ0) is 14.3. The first kappa shape index (κ1) is 16.5. The van der Waals surface area contributed by atoms with Gasteiger partial charge in [0.2, 0.25) is 0 Å². The molecular formula is C16H31N3. The summed E-state index contributed by atoms with van der Waals surface area (Å²) in [6, 6.07) is 2.79. The first-order valence-electron chi connectivity index (χ1n) is 7.82. The molecule has 0 saturated heterocycles. The lowest BCUT2D eigenvalue weighted by atomic mass is 9.89. The van der Waals surface area contributed by atoms with Gasteiger partial charge in [-0.2, -0.15) is 5.26 Å². The lowest BCUT2D eigenvalue weighted by Crippen LogP contribution is -2.47. The molecule has 0 spiro atoms. The van der Waals surface area contributed by atoms with Gasteiger partial charge >= 0.3 is 0 Å². The summed E-state index contributed by atoms with van der Waals surface area (Å²) < 4.78 is 0. The fraction of sp³-hybridized carbons (Fsp3) is 0.938. The van der Waals surface area contributed by atoms with Crippen LogP contribution in [0.2, 0.25) is 0 Å². The molecule has 0 aliphatic heterocycles. The average Bonchev–Trinajstić information content (AvgIpc) is 2.37. The van der Waals surface area contributed by atoms with E-state index in [4.69, 9.17) is 0 Å². The minimum absolute atomic E-state index is 0.355. The Morgan fingerprint density at radius 2 is 1.95 bits per heavy atom. The second-order valence-corrected chi connectivity index (χ2v) is 6.76. The minimum Gasteiger partial charge on any atom is -0.306 e. The third-order valence-corrected chi connectivity index (χ3v) is 4.14. The number of nitrogens with one attached hydrogen (secondary N) is 1. The van der Waals surface area contributed by atoms with E-state index in [0.717, 1.165) is 18.9 Å². The topological polar surface area (TPSA) is 39.1 Å². The van der Waals surface area contributed by atoms with Crippen molar-refractivity contribution in [3.05, 3.63) is 0 Å². The van der Waals surface area contributed by atoms with Crippen LogP contribution >= 0.6 is 0 Å². The van der Waals surface area contributed by atoms with Crippen molar-refractivity contribution in [2.75, 3.05) is 20.1 Å². The molecule has 0 radical (unpaired) electrons. The second-order valence-electron chi connectivity index (χ2n) is 6.76. The van der Waals surface area contributed by atoms with Gasteiger partial charge in [0, 0.05) is 19.1 Å². The summed E-state index contributed by atoms with van der Waals surface area (Å²) in [4.78, 5) is 2.41. The number of nitriles is 1. The van der Waals surface area contributed by atoms with Gasteiger partial charge in [-0.15, -0.1) is 0 Å². The molecule has 1 atom stereocenters. The Labute approximate surface area is 119 Å².